The van der Waals surface area contributed by atoms with Gasteiger partial charge in [-0.3, -0.25) is 0 Å². The van der Waals surface area contributed by atoms with Gasteiger partial charge >= 0.3 is 12.2 Å². The molecule has 1 fully saturated rings. The van der Waals surface area contributed by atoms with Crippen LogP contribution in [0.1, 0.15) is 55.9 Å². The average molecular weight is 382 g/mol. The molecule has 1 aromatic carbocycles. The summed E-state index contributed by atoms with van der Waals surface area (Å²) in [5, 5.41) is 10.5. The summed E-state index contributed by atoms with van der Waals surface area (Å²) in [7, 11) is 0. The zero-order chi connectivity index (χ0) is 19.6. The van der Waals surface area contributed by atoms with Crippen LogP contribution in [0.3, 0.4) is 0 Å². The second kappa shape index (κ2) is 7.58. The molecular weight excluding hydrogens is 361 g/mol. The van der Waals surface area contributed by atoms with E-state index in [1.807, 2.05) is 13.8 Å². The Morgan fingerprint density at radius 3 is 2.48 bits per heavy atom. The number of likely N-dealkylation sites (tertiary alicyclic amines) is 1. The summed E-state index contributed by atoms with van der Waals surface area (Å²) >= 11 is 0. The van der Waals surface area contributed by atoms with Gasteiger partial charge in [-0.15, -0.1) is 10.2 Å². The molecule has 1 saturated heterocycles. The van der Waals surface area contributed by atoms with Crippen LogP contribution >= 0.6 is 0 Å². The van der Waals surface area contributed by atoms with Gasteiger partial charge in [0.1, 0.15) is 0 Å². The molecule has 2 aromatic rings. The third-order valence-electron chi connectivity index (χ3n) is 4.56. The van der Waals surface area contributed by atoms with Gasteiger partial charge in [-0.25, -0.2) is 4.79 Å². The van der Waals surface area contributed by atoms with Crippen molar-refractivity contribution in [3.63, 3.8) is 0 Å². The van der Waals surface area contributed by atoms with Crippen LogP contribution in [-0.4, -0.2) is 34.2 Å². The number of nitrogens with zero attached hydrogens (tertiary/aromatic N) is 3. The lowest BCUT2D eigenvalue weighted by atomic mass is 9.97. The molecule has 146 valence electrons. The molecule has 1 aliphatic heterocycles. The Labute approximate surface area is 154 Å². The predicted octanol–water partition coefficient (Wildman–Crippen LogP) is 4.62. The molecule has 0 spiro atoms. The third-order valence-corrected chi connectivity index (χ3v) is 4.56. The molecule has 0 unspecified atom stereocenters. The molecular formula is C18H21F3N4O2. The van der Waals surface area contributed by atoms with Crippen LogP contribution in [0.25, 0.3) is 0 Å². The van der Waals surface area contributed by atoms with Crippen molar-refractivity contribution in [3.8, 4) is 0 Å². The Hall–Kier alpha value is -2.58. The van der Waals surface area contributed by atoms with Crippen LogP contribution in [0.15, 0.2) is 28.7 Å². The molecule has 3 rings (SSSR count). The molecule has 0 saturated carbocycles. The van der Waals surface area contributed by atoms with E-state index >= 15 is 0 Å². The first-order chi connectivity index (χ1) is 12.8. The first-order valence-electron chi connectivity index (χ1n) is 8.81. The number of amides is 2. The highest BCUT2D eigenvalue weighted by Crippen LogP contribution is 2.35. The summed E-state index contributed by atoms with van der Waals surface area (Å²) in [5.74, 6) is 1.33. The van der Waals surface area contributed by atoms with Gasteiger partial charge in [-0.2, -0.15) is 13.2 Å². The molecule has 0 aliphatic carbocycles. The minimum Gasteiger partial charge on any atom is -0.425 e. The summed E-state index contributed by atoms with van der Waals surface area (Å²) in [6.45, 7) is 4.74. The van der Waals surface area contributed by atoms with E-state index in [1.165, 1.54) is 23.1 Å². The number of rotatable bonds is 3. The standard InChI is InChI=1S/C18H21F3N4O2/c1-11(2)15-23-24-16(27-15)12-7-9-25(10-8-12)17(26)22-14-6-4-3-5-13(14)18(19,20)21/h3-6,11-12H,7-10H2,1-2H3,(H,22,26). The SMILES string of the molecule is CC(C)c1nnc(C2CCN(C(=O)Nc3ccccc3C(F)(F)F)CC2)o1. The van der Waals surface area contributed by atoms with Crippen molar-refractivity contribution in [3.05, 3.63) is 41.6 Å². The van der Waals surface area contributed by atoms with Gasteiger partial charge in [0.2, 0.25) is 11.8 Å². The van der Waals surface area contributed by atoms with E-state index in [1.54, 1.807) is 0 Å². The van der Waals surface area contributed by atoms with Gasteiger partial charge in [0.05, 0.1) is 11.3 Å². The summed E-state index contributed by atoms with van der Waals surface area (Å²) in [4.78, 5) is 13.9. The summed E-state index contributed by atoms with van der Waals surface area (Å²) in [6.07, 6.45) is -3.29. The molecule has 6 nitrogen and oxygen atoms in total. The van der Waals surface area contributed by atoms with E-state index in [0.29, 0.717) is 37.7 Å². The van der Waals surface area contributed by atoms with E-state index in [0.717, 1.165) is 6.07 Å². The maximum Gasteiger partial charge on any atom is 0.418 e. The number of halogens is 3. The van der Waals surface area contributed by atoms with Crippen molar-refractivity contribution in [2.75, 3.05) is 18.4 Å². The van der Waals surface area contributed by atoms with Crippen LogP contribution in [-0.2, 0) is 6.18 Å². The number of piperidine rings is 1. The highest BCUT2D eigenvalue weighted by molar-refractivity contribution is 5.90. The van der Waals surface area contributed by atoms with E-state index < -0.39 is 17.8 Å². The van der Waals surface area contributed by atoms with Crippen LogP contribution in [0.4, 0.5) is 23.7 Å². The minimum atomic E-state index is -4.52. The van der Waals surface area contributed by atoms with Crippen molar-refractivity contribution < 1.29 is 22.4 Å². The Kier molecular flexibility index (Phi) is 5.38. The molecule has 1 aliphatic rings. The monoisotopic (exact) mass is 382 g/mol. The second-order valence-corrected chi connectivity index (χ2v) is 6.87. The number of carbonyl (C=O) groups is 1. The maximum atomic E-state index is 13.1. The van der Waals surface area contributed by atoms with Gasteiger partial charge in [-0.1, -0.05) is 26.0 Å². The first kappa shape index (κ1) is 19.2. The molecule has 1 aromatic heterocycles. The average Bonchev–Trinajstić information content (AvgIpc) is 3.12. The number of alkyl halides is 3. The molecule has 9 heteroatoms. The fourth-order valence-electron chi connectivity index (χ4n) is 3.01. The van der Waals surface area contributed by atoms with E-state index in [4.69, 9.17) is 4.42 Å². The van der Waals surface area contributed by atoms with E-state index in [-0.39, 0.29) is 17.5 Å². The zero-order valence-corrected chi connectivity index (χ0v) is 15.1. The number of hydrogen-bond donors (Lipinski definition) is 1. The Morgan fingerprint density at radius 2 is 1.89 bits per heavy atom. The number of aromatic nitrogens is 2. The maximum absolute atomic E-state index is 13.1. The number of benzene rings is 1. The summed E-state index contributed by atoms with van der Waals surface area (Å²) in [6, 6.07) is 4.40. The number of urea groups is 1. The van der Waals surface area contributed by atoms with Gasteiger partial charge in [0.15, 0.2) is 0 Å². The Morgan fingerprint density at radius 1 is 1.22 bits per heavy atom. The van der Waals surface area contributed by atoms with Crippen LogP contribution in [0, 0.1) is 0 Å². The zero-order valence-electron chi connectivity index (χ0n) is 15.1. The van der Waals surface area contributed by atoms with Crippen molar-refractivity contribution in [2.24, 2.45) is 0 Å². The lowest BCUT2D eigenvalue weighted by molar-refractivity contribution is -0.136. The molecule has 27 heavy (non-hydrogen) atoms. The molecule has 0 bridgehead atoms. The first-order valence-corrected chi connectivity index (χ1v) is 8.81. The van der Waals surface area contributed by atoms with Gasteiger partial charge in [0, 0.05) is 24.9 Å². The minimum absolute atomic E-state index is 0.0523. The van der Waals surface area contributed by atoms with Crippen molar-refractivity contribution in [2.45, 2.75) is 44.7 Å². The lowest BCUT2D eigenvalue weighted by Crippen LogP contribution is -2.40. The van der Waals surface area contributed by atoms with Gasteiger partial charge in [0.25, 0.3) is 0 Å². The fourth-order valence-corrected chi connectivity index (χ4v) is 3.01. The topological polar surface area (TPSA) is 71.3 Å². The summed E-state index contributed by atoms with van der Waals surface area (Å²) in [5.41, 5.74) is -1.10. The molecule has 1 N–H and O–H groups in total. The highest BCUT2D eigenvalue weighted by atomic mass is 19.4. The number of para-hydroxylation sites is 1. The predicted molar refractivity (Wildman–Crippen MR) is 92.4 cm³/mol. The van der Waals surface area contributed by atoms with Crippen molar-refractivity contribution in [1.29, 1.82) is 0 Å². The van der Waals surface area contributed by atoms with Gasteiger partial charge < -0.3 is 14.6 Å². The number of nitrogens with one attached hydrogen (secondary N) is 1. The normalized spacial score (nSPS) is 16.0. The molecule has 2 heterocycles. The molecule has 0 radical (unpaired) electrons. The van der Waals surface area contributed by atoms with E-state index in [9.17, 15) is 18.0 Å². The number of hydrogen-bond acceptors (Lipinski definition) is 4. The fraction of sp³-hybridized carbons (Fsp3) is 0.500. The van der Waals surface area contributed by atoms with Crippen LogP contribution in [0.2, 0.25) is 0 Å². The largest absolute Gasteiger partial charge is 0.425 e. The lowest BCUT2D eigenvalue weighted by Gasteiger charge is -2.30. The quantitative estimate of drug-likeness (QED) is 0.841. The third kappa shape index (κ3) is 4.40. The Balaban J connectivity index is 1.61. The van der Waals surface area contributed by atoms with Crippen molar-refractivity contribution >= 4 is 11.7 Å². The Bertz CT molecular complexity index is 796. The number of carbonyl (C=O) groups excluding carboxylic acids is 1. The summed E-state index contributed by atoms with van der Waals surface area (Å²) < 4.78 is 44.8. The second-order valence-electron chi connectivity index (χ2n) is 6.87. The molecule has 0 atom stereocenters. The number of anilines is 1. The highest BCUT2D eigenvalue weighted by Gasteiger charge is 2.34. The smallest absolute Gasteiger partial charge is 0.418 e. The van der Waals surface area contributed by atoms with Crippen LogP contribution in [0.5, 0.6) is 0 Å². The van der Waals surface area contributed by atoms with E-state index in [2.05, 4.69) is 15.5 Å². The van der Waals surface area contributed by atoms with Crippen molar-refractivity contribution in [1.82, 2.24) is 15.1 Å². The van der Waals surface area contributed by atoms with Gasteiger partial charge in [-0.05, 0) is 25.0 Å². The van der Waals surface area contributed by atoms with Crippen LogP contribution < -0.4 is 5.32 Å². The molecule has 2 amide bonds.